The molecule has 1 unspecified atom stereocenters. The molecule has 0 aliphatic carbocycles. The zero-order valence-electron chi connectivity index (χ0n) is 14.8. The quantitative estimate of drug-likeness (QED) is 0.444. The number of carbonyl (C=O) groups is 2. The number of nitrogens with one attached hydrogen (secondary N) is 1. The average molecular weight is 497 g/mol. The van der Waals surface area contributed by atoms with Gasteiger partial charge < -0.3 is 15.2 Å². The van der Waals surface area contributed by atoms with Crippen LogP contribution in [0.1, 0.15) is 17.5 Å². The Morgan fingerprint density at radius 1 is 1.34 bits per heavy atom. The summed E-state index contributed by atoms with van der Waals surface area (Å²) < 4.78 is 6.71. The van der Waals surface area contributed by atoms with E-state index in [-0.39, 0.29) is 11.6 Å². The molecule has 3 rings (SSSR count). The summed E-state index contributed by atoms with van der Waals surface area (Å²) in [7, 11) is 0. The monoisotopic (exact) mass is 495 g/mol. The molecule has 1 fully saturated rings. The fourth-order valence-electron chi connectivity index (χ4n) is 2.41. The first-order valence-electron chi connectivity index (χ1n) is 8.38. The Hall–Kier alpha value is -2.36. The molecule has 150 valence electrons. The molecule has 0 saturated carbocycles. The number of carbonyl (C=O) groups excluding carboxylic acids is 1. The molecular weight excluding hydrogens is 482 g/mol. The Labute approximate surface area is 184 Å². The van der Waals surface area contributed by atoms with Crippen molar-refractivity contribution in [1.82, 2.24) is 5.32 Å². The number of ether oxygens (including phenoxy) is 1. The number of halogens is 2. The van der Waals surface area contributed by atoms with E-state index in [1.807, 2.05) is 30.3 Å². The summed E-state index contributed by atoms with van der Waals surface area (Å²) in [5, 5.41) is 19.5. The van der Waals surface area contributed by atoms with Gasteiger partial charge in [-0.3, -0.25) is 9.59 Å². The smallest absolute Gasteiger partial charge is 0.305 e. The van der Waals surface area contributed by atoms with Crippen molar-refractivity contribution in [2.45, 2.75) is 18.3 Å². The van der Waals surface area contributed by atoms with Crippen molar-refractivity contribution in [3.63, 3.8) is 0 Å². The van der Waals surface area contributed by atoms with Crippen LogP contribution in [0.15, 0.2) is 57.1 Å². The second kappa shape index (κ2) is 9.91. The number of carboxylic acids is 1. The molecule has 1 heterocycles. The van der Waals surface area contributed by atoms with Crippen LogP contribution in [0.3, 0.4) is 0 Å². The zero-order chi connectivity index (χ0) is 20.8. The van der Waals surface area contributed by atoms with Gasteiger partial charge in [-0.1, -0.05) is 57.5 Å². The fraction of sp³-hybridized carbons (Fsp3) is 0.158. The molecule has 1 amide bonds. The maximum absolute atomic E-state index is 11.7. The van der Waals surface area contributed by atoms with E-state index in [2.05, 4.69) is 31.4 Å². The van der Waals surface area contributed by atoms with E-state index in [1.54, 1.807) is 12.1 Å². The van der Waals surface area contributed by atoms with Gasteiger partial charge in [0.05, 0.1) is 12.6 Å². The van der Waals surface area contributed by atoms with E-state index in [0.29, 0.717) is 22.9 Å². The van der Waals surface area contributed by atoms with Crippen molar-refractivity contribution in [3.05, 3.63) is 63.1 Å². The van der Waals surface area contributed by atoms with Gasteiger partial charge in [0.25, 0.3) is 0 Å². The number of hydrogen-bond donors (Lipinski definition) is 2. The lowest BCUT2D eigenvalue weighted by Crippen LogP contribution is -2.26. The van der Waals surface area contributed by atoms with Crippen molar-refractivity contribution in [1.29, 1.82) is 0 Å². The van der Waals surface area contributed by atoms with Crippen LogP contribution in [0.5, 0.6) is 5.75 Å². The Kier molecular flexibility index (Phi) is 7.29. The molecule has 2 aromatic carbocycles. The van der Waals surface area contributed by atoms with E-state index in [0.717, 1.165) is 21.8 Å². The van der Waals surface area contributed by atoms with E-state index in [4.69, 9.17) is 21.4 Å². The van der Waals surface area contributed by atoms with Crippen LogP contribution in [0, 0.1) is 0 Å². The third kappa shape index (κ3) is 6.06. The lowest BCUT2D eigenvalue weighted by molar-refractivity contribution is -0.138. The van der Waals surface area contributed by atoms with Gasteiger partial charge in [0.1, 0.15) is 17.6 Å². The molecule has 0 radical (unpaired) electrons. The maximum atomic E-state index is 11.7. The summed E-state index contributed by atoms with van der Waals surface area (Å²) in [4.78, 5) is 22.5. The molecule has 29 heavy (non-hydrogen) atoms. The topological polar surface area (TPSA) is 100 Å². The van der Waals surface area contributed by atoms with Gasteiger partial charge in [-0.2, -0.15) is 5.10 Å². The predicted octanol–water partition coefficient (Wildman–Crippen LogP) is 4.08. The van der Waals surface area contributed by atoms with E-state index >= 15 is 0 Å². The molecule has 0 aromatic heterocycles. The third-order valence-electron chi connectivity index (χ3n) is 3.79. The number of rotatable bonds is 7. The standard InChI is InChI=1S/C19H15BrClN3O4S/c20-13-5-6-15(28-10-11-3-1-2-4-14(11)21)12(7-13)9-22-24-19-23-18(27)16(29-19)8-17(25)26/h1-7,9,16H,8,10H2,(H,25,26)(H,23,24,27). The number of amidine groups is 1. The van der Waals surface area contributed by atoms with Crippen molar-refractivity contribution in [2.75, 3.05) is 0 Å². The van der Waals surface area contributed by atoms with Crippen molar-refractivity contribution >= 4 is 62.6 Å². The van der Waals surface area contributed by atoms with Crippen molar-refractivity contribution in [2.24, 2.45) is 10.2 Å². The zero-order valence-corrected chi connectivity index (χ0v) is 18.0. The first-order chi connectivity index (χ1) is 13.9. The Balaban J connectivity index is 1.70. The minimum absolute atomic E-state index is 0.256. The Morgan fingerprint density at radius 2 is 2.14 bits per heavy atom. The van der Waals surface area contributed by atoms with E-state index in [9.17, 15) is 9.59 Å². The van der Waals surface area contributed by atoms with Gasteiger partial charge in [0, 0.05) is 20.6 Å². The number of thioether (sulfide) groups is 1. The molecule has 10 heteroatoms. The minimum atomic E-state index is -1.04. The van der Waals surface area contributed by atoms with Gasteiger partial charge in [-0.25, -0.2) is 0 Å². The summed E-state index contributed by atoms with van der Waals surface area (Å²) >= 11 is 10.6. The van der Waals surface area contributed by atoms with Crippen molar-refractivity contribution < 1.29 is 19.4 Å². The first kappa shape index (κ1) is 21.4. The second-order valence-corrected chi connectivity index (χ2v) is 8.42. The van der Waals surface area contributed by atoms with Crippen LogP contribution in [0.25, 0.3) is 0 Å². The average Bonchev–Trinajstić information content (AvgIpc) is 3.01. The molecule has 1 atom stereocenters. The van der Waals surface area contributed by atoms with Crippen LogP contribution in [-0.4, -0.2) is 33.6 Å². The van der Waals surface area contributed by atoms with E-state index < -0.39 is 17.1 Å². The number of carboxylic acid groups (broad SMARTS) is 1. The molecule has 0 bridgehead atoms. The number of aliphatic carboxylic acids is 1. The van der Waals surface area contributed by atoms with Gasteiger partial charge in [-0.15, -0.1) is 5.10 Å². The Morgan fingerprint density at radius 3 is 2.90 bits per heavy atom. The number of hydrogen-bond acceptors (Lipinski definition) is 6. The van der Waals surface area contributed by atoms with Gasteiger partial charge in [-0.05, 0) is 24.3 Å². The van der Waals surface area contributed by atoms with Crippen LogP contribution in [-0.2, 0) is 16.2 Å². The highest BCUT2D eigenvalue weighted by molar-refractivity contribution is 9.10. The van der Waals surface area contributed by atoms with Crippen molar-refractivity contribution in [3.8, 4) is 5.75 Å². The fourth-order valence-corrected chi connectivity index (χ4v) is 3.90. The summed E-state index contributed by atoms with van der Waals surface area (Å²) in [5.74, 6) is -0.849. The lowest BCUT2D eigenvalue weighted by atomic mass is 10.2. The highest BCUT2D eigenvalue weighted by Gasteiger charge is 2.32. The van der Waals surface area contributed by atoms with Gasteiger partial charge >= 0.3 is 5.97 Å². The van der Waals surface area contributed by atoms with Gasteiger partial charge in [0.15, 0.2) is 5.17 Å². The molecule has 0 spiro atoms. The molecule has 2 aromatic rings. The highest BCUT2D eigenvalue weighted by atomic mass is 79.9. The minimum Gasteiger partial charge on any atom is -0.488 e. The summed E-state index contributed by atoms with van der Waals surface area (Å²) in [6.45, 7) is 0.291. The third-order valence-corrected chi connectivity index (χ3v) is 5.73. The highest BCUT2D eigenvalue weighted by Crippen LogP contribution is 2.25. The van der Waals surface area contributed by atoms with Crippen LogP contribution < -0.4 is 10.1 Å². The van der Waals surface area contributed by atoms with Crippen LogP contribution in [0.4, 0.5) is 0 Å². The maximum Gasteiger partial charge on any atom is 0.305 e. The molecule has 2 N–H and O–H groups in total. The molecule has 7 nitrogen and oxygen atoms in total. The van der Waals surface area contributed by atoms with Gasteiger partial charge in [0.2, 0.25) is 5.91 Å². The number of nitrogens with zero attached hydrogens (tertiary/aromatic N) is 2. The lowest BCUT2D eigenvalue weighted by Gasteiger charge is -2.10. The Bertz CT molecular complexity index is 999. The largest absolute Gasteiger partial charge is 0.488 e. The first-order valence-corrected chi connectivity index (χ1v) is 10.4. The molecule has 1 aliphatic heterocycles. The van der Waals surface area contributed by atoms with Crippen LogP contribution >= 0.6 is 39.3 Å². The summed E-state index contributed by atoms with van der Waals surface area (Å²) in [5.41, 5.74) is 1.53. The molecular formula is C19H15BrClN3O4S. The second-order valence-electron chi connectivity index (χ2n) is 5.91. The molecule has 1 saturated heterocycles. The normalized spacial score (nSPS) is 17.7. The molecule has 1 aliphatic rings. The predicted molar refractivity (Wildman–Crippen MR) is 117 cm³/mol. The van der Waals surface area contributed by atoms with E-state index in [1.165, 1.54) is 6.21 Å². The van der Waals surface area contributed by atoms with Crippen LogP contribution in [0.2, 0.25) is 5.02 Å². The SMILES string of the molecule is O=C(O)CC1SC(=NN=Cc2cc(Br)ccc2OCc2ccccc2Cl)NC1=O. The summed E-state index contributed by atoms with van der Waals surface area (Å²) in [6, 6.07) is 12.9. The number of amides is 1. The number of benzene rings is 2. The summed E-state index contributed by atoms with van der Waals surface area (Å²) in [6.07, 6.45) is 1.22.